The minimum atomic E-state index is -0.723. The highest BCUT2D eigenvalue weighted by Gasteiger charge is 2.22. The van der Waals surface area contributed by atoms with Crippen LogP contribution < -0.4 is 10.1 Å². The molecule has 2 aromatic carbocycles. The lowest BCUT2D eigenvalue weighted by Gasteiger charge is -2.26. The number of nitrogens with one attached hydrogen (secondary N) is 1. The van der Waals surface area contributed by atoms with Gasteiger partial charge in [0.2, 0.25) is 5.91 Å². The van der Waals surface area contributed by atoms with Gasteiger partial charge in [-0.25, -0.2) is 13.8 Å². The second-order valence-corrected chi connectivity index (χ2v) is 6.54. The van der Waals surface area contributed by atoms with Crippen molar-refractivity contribution >= 4 is 5.91 Å². The van der Waals surface area contributed by atoms with Crippen LogP contribution in [0.1, 0.15) is 30.3 Å². The van der Waals surface area contributed by atoms with Gasteiger partial charge >= 0.3 is 0 Å². The highest BCUT2D eigenvalue weighted by molar-refractivity contribution is 5.76. The highest BCUT2D eigenvalue weighted by Crippen LogP contribution is 2.31. The summed E-state index contributed by atoms with van der Waals surface area (Å²) in [5, 5.41) is 3.01. The van der Waals surface area contributed by atoms with Gasteiger partial charge in [0, 0.05) is 30.9 Å². The summed E-state index contributed by atoms with van der Waals surface area (Å²) in [5.74, 6) is -0.203. The smallest absolute Gasteiger partial charge is 0.220 e. The number of carbonyl (C=O) groups is 1. The molecule has 1 aliphatic heterocycles. The summed E-state index contributed by atoms with van der Waals surface area (Å²) in [4.78, 5) is 16.4. The maximum Gasteiger partial charge on any atom is 0.220 e. The minimum absolute atomic E-state index is 0.0918. The molecule has 3 aromatic rings. The standard InChI is InChI=1S/C21H18F2N2O3/c22-13-5-6-14(16(23)11-13)19-12-24-21(28-19)8-7-20(26)25-17-9-10-27-18-4-2-1-3-15(17)18/h1-6,11-12,17H,7-10H2,(H,25,26)/t17-/m0/s1. The summed E-state index contributed by atoms with van der Waals surface area (Å²) in [6.07, 6.45) is 2.54. The van der Waals surface area contributed by atoms with Crippen molar-refractivity contribution in [2.24, 2.45) is 0 Å². The Morgan fingerprint density at radius 1 is 1.21 bits per heavy atom. The summed E-state index contributed by atoms with van der Waals surface area (Å²) >= 11 is 0. The largest absolute Gasteiger partial charge is 0.493 e. The van der Waals surface area contributed by atoms with E-state index in [2.05, 4.69) is 10.3 Å². The van der Waals surface area contributed by atoms with Crippen molar-refractivity contribution < 1.29 is 22.7 Å². The molecule has 0 spiro atoms. The van der Waals surface area contributed by atoms with Crippen molar-refractivity contribution in [3.63, 3.8) is 0 Å². The van der Waals surface area contributed by atoms with E-state index in [-0.39, 0.29) is 36.1 Å². The maximum atomic E-state index is 13.8. The quantitative estimate of drug-likeness (QED) is 0.716. The zero-order valence-electron chi connectivity index (χ0n) is 15.0. The number of para-hydroxylation sites is 1. The number of halogens is 2. The van der Waals surface area contributed by atoms with Gasteiger partial charge < -0.3 is 14.5 Å². The first-order chi connectivity index (χ1) is 13.6. The first-order valence-electron chi connectivity index (χ1n) is 9.01. The highest BCUT2D eigenvalue weighted by atomic mass is 19.1. The van der Waals surface area contributed by atoms with Gasteiger partial charge in [-0.05, 0) is 18.2 Å². The molecule has 7 heteroatoms. The van der Waals surface area contributed by atoms with Crippen molar-refractivity contribution in [2.45, 2.75) is 25.3 Å². The number of rotatable bonds is 5. The van der Waals surface area contributed by atoms with Crippen molar-refractivity contribution in [3.05, 3.63) is 71.8 Å². The average molecular weight is 384 g/mol. The first kappa shape index (κ1) is 18.2. The molecule has 0 unspecified atom stereocenters. The van der Waals surface area contributed by atoms with Gasteiger partial charge in [0.1, 0.15) is 17.4 Å². The summed E-state index contributed by atoms with van der Waals surface area (Å²) < 4.78 is 38.0. The number of aromatic nitrogens is 1. The van der Waals surface area contributed by atoms with Crippen LogP contribution in [0.4, 0.5) is 8.78 Å². The van der Waals surface area contributed by atoms with Crippen LogP contribution in [0.5, 0.6) is 5.75 Å². The Morgan fingerprint density at radius 2 is 2.07 bits per heavy atom. The molecule has 1 N–H and O–H groups in total. The lowest BCUT2D eigenvalue weighted by Crippen LogP contribution is -2.32. The predicted octanol–water partition coefficient (Wildman–Crippen LogP) is 4.19. The van der Waals surface area contributed by atoms with Gasteiger partial charge in [-0.3, -0.25) is 4.79 Å². The van der Waals surface area contributed by atoms with E-state index in [0.717, 1.165) is 23.4 Å². The molecule has 0 saturated heterocycles. The van der Waals surface area contributed by atoms with Crippen LogP contribution in [-0.4, -0.2) is 17.5 Å². The summed E-state index contributed by atoms with van der Waals surface area (Å²) in [6, 6.07) is 10.8. The molecule has 144 valence electrons. The van der Waals surface area contributed by atoms with Crippen molar-refractivity contribution in [2.75, 3.05) is 6.61 Å². The molecule has 5 nitrogen and oxygen atoms in total. The number of benzene rings is 2. The van der Waals surface area contributed by atoms with E-state index in [1.807, 2.05) is 24.3 Å². The van der Waals surface area contributed by atoms with E-state index in [4.69, 9.17) is 9.15 Å². The summed E-state index contributed by atoms with van der Waals surface area (Å²) in [7, 11) is 0. The molecular weight excluding hydrogens is 366 g/mol. The van der Waals surface area contributed by atoms with Crippen LogP contribution in [-0.2, 0) is 11.2 Å². The van der Waals surface area contributed by atoms with Gasteiger partial charge in [0.25, 0.3) is 0 Å². The number of oxazole rings is 1. The molecule has 28 heavy (non-hydrogen) atoms. The fourth-order valence-electron chi connectivity index (χ4n) is 3.22. The Balaban J connectivity index is 1.37. The summed E-state index contributed by atoms with van der Waals surface area (Å²) in [6.45, 7) is 0.550. The van der Waals surface area contributed by atoms with E-state index in [1.54, 1.807) is 0 Å². The average Bonchev–Trinajstić information content (AvgIpc) is 3.15. The van der Waals surface area contributed by atoms with Crippen LogP contribution in [0, 0.1) is 11.6 Å². The van der Waals surface area contributed by atoms with Crippen LogP contribution in [0.25, 0.3) is 11.3 Å². The number of hydrogen-bond acceptors (Lipinski definition) is 4. The van der Waals surface area contributed by atoms with Crippen LogP contribution in [0.15, 0.2) is 53.1 Å². The minimum Gasteiger partial charge on any atom is -0.493 e. The SMILES string of the molecule is O=C(CCc1ncc(-c2ccc(F)cc2F)o1)N[C@H]1CCOc2ccccc21. The molecule has 0 radical (unpaired) electrons. The number of aryl methyl sites for hydroxylation is 1. The van der Waals surface area contributed by atoms with E-state index in [0.29, 0.717) is 18.9 Å². The van der Waals surface area contributed by atoms with Gasteiger partial charge in [0.05, 0.1) is 24.4 Å². The number of carbonyl (C=O) groups excluding carboxylic acids is 1. The molecule has 0 fully saturated rings. The number of hydrogen-bond donors (Lipinski definition) is 1. The van der Waals surface area contributed by atoms with Gasteiger partial charge in [-0.2, -0.15) is 0 Å². The zero-order chi connectivity index (χ0) is 19.5. The lowest BCUT2D eigenvalue weighted by atomic mass is 10.0. The van der Waals surface area contributed by atoms with Crippen LogP contribution >= 0.6 is 0 Å². The normalized spacial score (nSPS) is 15.6. The molecular formula is C21H18F2N2O3. The number of nitrogens with zero attached hydrogens (tertiary/aromatic N) is 1. The third kappa shape index (κ3) is 3.88. The molecule has 4 rings (SSSR count). The first-order valence-corrected chi connectivity index (χ1v) is 9.01. The fraction of sp³-hybridized carbons (Fsp3) is 0.238. The molecule has 0 saturated carbocycles. The Hall–Kier alpha value is -3.22. The maximum absolute atomic E-state index is 13.8. The van der Waals surface area contributed by atoms with E-state index >= 15 is 0 Å². The van der Waals surface area contributed by atoms with Gasteiger partial charge in [-0.15, -0.1) is 0 Å². The molecule has 1 aliphatic rings. The van der Waals surface area contributed by atoms with Crippen molar-refractivity contribution in [1.29, 1.82) is 0 Å². The van der Waals surface area contributed by atoms with Gasteiger partial charge in [-0.1, -0.05) is 18.2 Å². The molecule has 1 aromatic heterocycles. The fourth-order valence-corrected chi connectivity index (χ4v) is 3.22. The predicted molar refractivity (Wildman–Crippen MR) is 97.6 cm³/mol. The van der Waals surface area contributed by atoms with Crippen LogP contribution in [0.2, 0.25) is 0 Å². The third-order valence-corrected chi connectivity index (χ3v) is 4.61. The number of fused-ring (bicyclic) bond motifs is 1. The molecule has 0 bridgehead atoms. The number of ether oxygens (including phenoxy) is 1. The zero-order valence-corrected chi connectivity index (χ0v) is 15.0. The van der Waals surface area contributed by atoms with Crippen molar-refractivity contribution in [1.82, 2.24) is 10.3 Å². The van der Waals surface area contributed by atoms with E-state index in [1.165, 1.54) is 12.3 Å². The molecule has 2 heterocycles. The summed E-state index contributed by atoms with van der Waals surface area (Å²) in [5.41, 5.74) is 1.09. The van der Waals surface area contributed by atoms with E-state index in [9.17, 15) is 13.6 Å². The Labute approximate surface area is 160 Å². The van der Waals surface area contributed by atoms with Crippen molar-refractivity contribution in [3.8, 4) is 17.1 Å². The molecule has 1 amide bonds. The molecule has 1 atom stereocenters. The monoisotopic (exact) mass is 384 g/mol. The Morgan fingerprint density at radius 3 is 2.93 bits per heavy atom. The Bertz CT molecular complexity index is 1000. The van der Waals surface area contributed by atoms with E-state index < -0.39 is 11.6 Å². The second kappa shape index (κ2) is 7.80. The molecule has 0 aliphatic carbocycles. The van der Waals surface area contributed by atoms with Crippen LogP contribution in [0.3, 0.4) is 0 Å². The second-order valence-electron chi connectivity index (χ2n) is 6.54. The van der Waals surface area contributed by atoms with Gasteiger partial charge in [0.15, 0.2) is 11.7 Å². The topological polar surface area (TPSA) is 64.4 Å². The lowest BCUT2D eigenvalue weighted by molar-refractivity contribution is -0.122. The third-order valence-electron chi connectivity index (χ3n) is 4.61. The Kier molecular flexibility index (Phi) is 5.06. The number of amides is 1.